The highest BCUT2D eigenvalue weighted by Gasteiger charge is 2.07. The molecule has 2 heterocycles. The number of fused-ring (bicyclic) bond motifs is 1. The van der Waals surface area contributed by atoms with Crippen molar-refractivity contribution in [3.8, 4) is 0 Å². The summed E-state index contributed by atoms with van der Waals surface area (Å²) in [5.41, 5.74) is 4.94. The summed E-state index contributed by atoms with van der Waals surface area (Å²) in [6.07, 6.45) is 3.38. The Morgan fingerprint density at radius 3 is 3.06 bits per heavy atom. The lowest BCUT2D eigenvalue weighted by molar-refractivity contribution is 0.738. The van der Waals surface area contributed by atoms with Crippen molar-refractivity contribution in [2.45, 2.75) is 13.3 Å². The second kappa shape index (κ2) is 3.76. The van der Waals surface area contributed by atoms with Gasteiger partial charge in [-0.2, -0.15) is 0 Å². The van der Waals surface area contributed by atoms with Crippen molar-refractivity contribution in [3.63, 3.8) is 0 Å². The van der Waals surface area contributed by atoms with Crippen LogP contribution in [0, 0.1) is 6.92 Å². The fourth-order valence-corrected chi connectivity index (χ4v) is 2.22. The van der Waals surface area contributed by atoms with E-state index in [-0.39, 0.29) is 0 Å². The van der Waals surface area contributed by atoms with Crippen molar-refractivity contribution in [3.05, 3.63) is 35.7 Å². The normalized spacial score (nSPS) is 16.4. The monoisotopic (exact) mass is 213 g/mol. The minimum absolute atomic E-state index is 0.978. The minimum Gasteiger partial charge on any atom is -0.342 e. The van der Waals surface area contributed by atoms with Crippen LogP contribution in [0.4, 0.5) is 0 Å². The molecular formula is C13H15N3. The Bertz CT molecular complexity index is 551. The number of nitrogens with one attached hydrogen (secondary N) is 2. The van der Waals surface area contributed by atoms with Crippen molar-refractivity contribution in [1.29, 1.82) is 0 Å². The van der Waals surface area contributed by atoms with Crippen LogP contribution < -0.4 is 5.32 Å². The number of H-pyrrole nitrogens is 1. The summed E-state index contributed by atoms with van der Waals surface area (Å²) in [5, 5.41) is 3.33. The van der Waals surface area contributed by atoms with E-state index in [1.165, 1.54) is 11.1 Å². The van der Waals surface area contributed by atoms with Crippen LogP contribution >= 0.6 is 0 Å². The van der Waals surface area contributed by atoms with Crippen LogP contribution in [0.15, 0.2) is 24.3 Å². The number of hydrogen-bond donors (Lipinski definition) is 2. The molecular weight excluding hydrogens is 198 g/mol. The van der Waals surface area contributed by atoms with Gasteiger partial charge in [0.05, 0.1) is 11.0 Å². The summed E-state index contributed by atoms with van der Waals surface area (Å²) < 4.78 is 0. The highest BCUT2D eigenvalue weighted by atomic mass is 14.9. The molecule has 2 aromatic rings. The summed E-state index contributed by atoms with van der Waals surface area (Å²) in [6.45, 7) is 4.05. The number of aromatic amines is 1. The Morgan fingerprint density at radius 2 is 2.25 bits per heavy atom. The molecule has 0 atom stereocenters. The Morgan fingerprint density at radius 1 is 1.31 bits per heavy atom. The SMILES string of the molecule is Cc1nc2ccc(C3=CCNCC3)cc2[nH]1. The first-order valence-corrected chi connectivity index (χ1v) is 5.69. The van der Waals surface area contributed by atoms with E-state index in [0.29, 0.717) is 0 Å². The molecule has 0 fully saturated rings. The number of aryl methyl sites for hydroxylation is 1. The topological polar surface area (TPSA) is 40.7 Å². The highest BCUT2D eigenvalue weighted by Crippen LogP contribution is 2.23. The second-order valence-corrected chi connectivity index (χ2v) is 4.24. The van der Waals surface area contributed by atoms with Crippen LogP contribution in [0.3, 0.4) is 0 Å². The van der Waals surface area contributed by atoms with Gasteiger partial charge in [0.2, 0.25) is 0 Å². The molecule has 0 bridgehead atoms. The lowest BCUT2D eigenvalue weighted by Crippen LogP contribution is -2.19. The highest BCUT2D eigenvalue weighted by molar-refractivity contribution is 5.81. The number of rotatable bonds is 1. The average molecular weight is 213 g/mol. The van der Waals surface area contributed by atoms with Crippen molar-refractivity contribution >= 4 is 16.6 Å². The van der Waals surface area contributed by atoms with Crippen LogP contribution in [-0.4, -0.2) is 23.1 Å². The molecule has 0 unspecified atom stereocenters. The average Bonchev–Trinajstić information content (AvgIpc) is 2.69. The Balaban J connectivity index is 2.07. The van der Waals surface area contributed by atoms with E-state index in [1.54, 1.807) is 0 Å². The van der Waals surface area contributed by atoms with Gasteiger partial charge in [-0.15, -0.1) is 0 Å². The van der Waals surface area contributed by atoms with Crippen LogP contribution in [0.1, 0.15) is 17.8 Å². The first-order valence-electron chi connectivity index (χ1n) is 5.69. The van der Waals surface area contributed by atoms with Gasteiger partial charge in [-0.1, -0.05) is 12.1 Å². The van der Waals surface area contributed by atoms with Gasteiger partial charge >= 0.3 is 0 Å². The molecule has 3 rings (SSSR count). The molecule has 0 amide bonds. The Hall–Kier alpha value is -1.61. The van der Waals surface area contributed by atoms with Crippen LogP contribution in [0.25, 0.3) is 16.6 Å². The Kier molecular flexibility index (Phi) is 2.26. The third-order valence-electron chi connectivity index (χ3n) is 3.03. The van der Waals surface area contributed by atoms with Crippen LogP contribution in [0.5, 0.6) is 0 Å². The summed E-state index contributed by atoms with van der Waals surface area (Å²) in [4.78, 5) is 7.70. The molecule has 2 N–H and O–H groups in total. The van der Waals surface area contributed by atoms with Gasteiger partial charge in [-0.25, -0.2) is 4.98 Å². The van der Waals surface area contributed by atoms with Gasteiger partial charge in [-0.3, -0.25) is 0 Å². The van der Waals surface area contributed by atoms with Gasteiger partial charge in [0.15, 0.2) is 0 Å². The summed E-state index contributed by atoms with van der Waals surface area (Å²) in [6, 6.07) is 6.46. The molecule has 1 aromatic heterocycles. The fourth-order valence-electron chi connectivity index (χ4n) is 2.22. The van der Waals surface area contributed by atoms with E-state index in [0.717, 1.165) is 36.4 Å². The molecule has 0 saturated heterocycles. The minimum atomic E-state index is 0.978. The molecule has 0 spiro atoms. The van der Waals surface area contributed by atoms with Crippen molar-refractivity contribution < 1.29 is 0 Å². The van der Waals surface area contributed by atoms with Crippen molar-refractivity contribution in [1.82, 2.24) is 15.3 Å². The summed E-state index contributed by atoms with van der Waals surface area (Å²) in [5.74, 6) is 0.978. The van der Waals surface area contributed by atoms with Gasteiger partial charge in [-0.05, 0) is 43.2 Å². The van der Waals surface area contributed by atoms with Crippen LogP contribution in [-0.2, 0) is 0 Å². The predicted octanol–water partition coefficient (Wildman–Crippen LogP) is 2.25. The molecule has 0 aliphatic carbocycles. The largest absolute Gasteiger partial charge is 0.342 e. The molecule has 0 radical (unpaired) electrons. The number of imidazole rings is 1. The zero-order valence-electron chi connectivity index (χ0n) is 9.38. The molecule has 3 heteroatoms. The maximum atomic E-state index is 4.41. The van der Waals surface area contributed by atoms with E-state index in [1.807, 2.05) is 6.92 Å². The van der Waals surface area contributed by atoms with Gasteiger partial charge in [0, 0.05) is 6.54 Å². The van der Waals surface area contributed by atoms with E-state index < -0.39 is 0 Å². The van der Waals surface area contributed by atoms with Crippen molar-refractivity contribution in [2.75, 3.05) is 13.1 Å². The lowest BCUT2D eigenvalue weighted by Gasteiger charge is -2.13. The molecule has 16 heavy (non-hydrogen) atoms. The zero-order chi connectivity index (χ0) is 11.0. The van der Waals surface area contributed by atoms with E-state index >= 15 is 0 Å². The molecule has 0 saturated carbocycles. The van der Waals surface area contributed by atoms with E-state index in [4.69, 9.17) is 0 Å². The van der Waals surface area contributed by atoms with Gasteiger partial charge in [0.25, 0.3) is 0 Å². The number of hydrogen-bond acceptors (Lipinski definition) is 2. The van der Waals surface area contributed by atoms with Gasteiger partial charge < -0.3 is 10.3 Å². The molecule has 82 valence electrons. The molecule has 3 nitrogen and oxygen atoms in total. The van der Waals surface area contributed by atoms with Crippen LogP contribution in [0.2, 0.25) is 0 Å². The summed E-state index contributed by atoms with van der Waals surface area (Å²) in [7, 11) is 0. The quantitative estimate of drug-likeness (QED) is 0.762. The van der Waals surface area contributed by atoms with E-state index in [9.17, 15) is 0 Å². The lowest BCUT2D eigenvalue weighted by atomic mass is 10.00. The molecule has 1 aromatic carbocycles. The van der Waals surface area contributed by atoms with Crippen molar-refractivity contribution in [2.24, 2.45) is 0 Å². The Labute approximate surface area is 94.6 Å². The maximum Gasteiger partial charge on any atom is 0.104 e. The standard InChI is InChI=1S/C13H15N3/c1-9-15-12-3-2-11(8-13(12)16-9)10-4-6-14-7-5-10/h2-4,8,14H,5-7H2,1H3,(H,15,16). The zero-order valence-corrected chi connectivity index (χ0v) is 9.38. The number of aromatic nitrogens is 2. The third-order valence-corrected chi connectivity index (χ3v) is 3.03. The summed E-state index contributed by atoms with van der Waals surface area (Å²) >= 11 is 0. The smallest absolute Gasteiger partial charge is 0.104 e. The fraction of sp³-hybridized carbons (Fsp3) is 0.308. The maximum absolute atomic E-state index is 4.41. The first-order chi connectivity index (χ1) is 7.83. The predicted molar refractivity (Wildman–Crippen MR) is 66.3 cm³/mol. The first kappa shape index (κ1) is 9.60. The number of nitrogens with zero attached hydrogens (tertiary/aromatic N) is 1. The van der Waals surface area contributed by atoms with E-state index in [2.05, 4.69) is 39.6 Å². The van der Waals surface area contributed by atoms with Gasteiger partial charge in [0.1, 0.15) is 5.82 Å². The molecule has 1 aliphatic rings. The number of benzene rings is 1. The second-order valence-electron chi connectivity index (χ2n) is 4.24. The third kappa shape index (κ3) is 1.63. The molecule has 1 aliphatic heterocycles.